The van der Waals surface area contributed by atoms with E-state index in [0.29, 0.717) is 27.8 Å². The SMILES string of the molecule is Cc1ccc(S(=O)(=O)N(CC(=O)N/N=C\c2cc(Br)c(C)o2)c2cccc(Cl)c2C)cc1. The molecule has 0 atom stereocenters. The van der Waals surface area contributed by atoms with Gasteiger partial charge >= 0.3 is 0 Å². The molecule has 1 aromatic heterocycles. The van der Waals surface area contributed by atoms with Gasteiger partial charge in [0.2, 0.25) is 0 Å². The van der Waals surface area contributed by atoms with Crippen LogP contribution in [0.1, 0.15) is 22.6 Å². The number of carbonyl (C=O) groups is 1. The Kier molecular flexibility index (Phi) is 7.43. The van der Waals surface area contributed by atoms with Crippen molar-refractivity contribution in [3.63, 3.8) is 0 Å². The Hall–Kier alpha value is -2.62. The van der Waals surface area contributed by atoms with E-state index in [2.05, 4.69) is 26.5 Å². The molecule has 0 bridgehead atoms. The number of amides is 1. The second kappa shape index (κ2) is 9.89. The minimum atomic E-state index is -4.05. The van der Waals surface area contributed by atoms with Crippen molar-refractivity contribution in [1.29, 1.82) is 0 Å². The minimum absolute atomic E-state index is 0.0645. The lowest BCUT2D eigenvalue weighted by Crippen LogP contribution is -2.40. The summed E-state index contributed by atoms with van der Waals surface area (Å²) < 4.78 is 34.1. The number of aryl methyl sites for hydroxylation is 2. The molecule has 3 rings (SSSR count). The van der Waals surface area contributed by atoms with E-state index in [9.17, 15) is 13.2 Å². The van der Waals surface area contributed by atoms with E-state index in [1.165, 1.54) is 18.3 Å². The Morgan fingerprint density at radius 2 is 1.88 bits per heavy atom. The van der Waals surface area contributed by atoms with Crippen molar-refractivity contribution in [2.24, 2.45) is 5.10 Å². The summed E-state index contributed by atoms with van der Waals surface area (Å²) in [6.07, 6.45) is 1.33. The number of benzene rings is 2. The fraction of sp³-hybridized carbons (Fsp3) is 0.182. The van der Waals surface area contributed by atoms with Crippen molar-refractivity contribution in [2.45, 2.75) is 25.7 Å². The largest absolute Gasteiger partial charge is 0.459 e. The highest BCUT2D eigenvalue weighted by Gasteiger charge is 2.28. The summed E-state index contributed by atoms with van der Waals surface area (Å²) in [4.78, 5) is 12.7. The molecule has 2 aromatic carbocycles. The third kappa shape index (κ3) is 5.40. The van der Waals surface area contributed by atoms with Gasteiger partial charge in [0.15, 0.2) is 0 Å². The van der Waals surface area contributed by atoms with Crippen molar-refractivity contribution in [1.82, 2.24) is 5.43 Å². The zero-order valence-corrected chi connectivity index (χ0v) is 20.8. The van der Waals surface area contributed by atoms with E-state index in [-0.39, 0.29) is 4.90 Å². The van der Waals surface area contributed by atoms with Gasteiger partial charge in [0.05, 0.1) is 21.3 Å². The second-order valence-electron chi connectivity index (χ2n) is 7.05. The van der Waals surface area contributed by atoms with Crippen molar-refractivity contribution >= 4 is 55.4 Å². The van der Waals surface area contributed by atoms with Gasteiger partial charge in [-0.15, -0.1) is 0 Å². The number of sulfonamides is 1. The normalized spacial score (nSPS) is 11.7. The monoisotopic (exact) mass is 537 g/mol. The first kappa shape index (κ1) is 24.0. The molecule has 3 aromatic rings. The Balaban J connectivity index is 1.89. The number of hydrogen-bond acceptors (Lipinski definition) is 5. The molecular weight excluding hydrogens is 518 g/mol. The molecule has 7 nitrogen and oxygen atoms in total. The molecule has 1 N–H and O–H groups in total. The van der Waals surface area contributed by atoms with Gasteiger partial charge in [-0.25, -0.2) is 13.8 Å². The minimum Gasteiger partial charge on any atom is -0.459 e. The average molecular weight is 539 g/mol. The number of nitrogens with one attached hydrogen (secondary N) is 1. The van der Waals surface area contributed by atoms with Crippen LogP contribution in [-0.2, 0) is 14.8 Å². The molecule has 0 aliphatic carbocycles. The maximum Gasteiger partial charge on any atom is 0.264 e. The van der Waals surface area contributed by atoms with Crippen LogP contribution in [-0.4, -0.2) is 27.1 Å². The van der Waals surface area contributed by atoms with E-state index in [1.54, 1.807) is 50.2 Å². The molecule has 168 valence electrons. The molecule has 0 aliphatic heterocycles. The van der Waals surface area contributed by atoms with Crippen LogP contribution in [0, 0.1) is 20.8 Å². The Morgan fingerprint density at radius 1 is 1.19 bits per heavy atom. The molecular formula is C22H21BrClN3O4S. The topological polar surface area (TPSA) is 92.0 Å². The van der Waals surface area contributed by atoms with E-state index in [0.717, 1.165) is 14.3 Å². The van der Waals surface area contributed by atoms with Crippen LogP contribution in [0.5, 0.6) is 0 Å². The average Bonchev–Trinajstić information content (AvgIpc) is 3.06. The van der Waals surface area contributed by atoms with E-state index >= 15 is 0 Å². The smallest absolute Gasteiger partial charge is 0.264 e. The lowest BCUT2D eigenvalue weighted by Gasteiger charge is -2.25. The quantitative estimate of drug-likeness (QED) is 0.340. The number of rotatable bonds is 7. The van der Waals surface area contributed by atoms with Crippen LogP contribution >= 0.6 is 27.5 Å². The summed E-state index contributed by atoms with van der Waals surface area (Å²) in [5.74, 6) is 0.479. The van der Waals surface area contributed by atoms with Crippen LogP contribution in [0.2, 0.25) is 5.02 Å². The molecule has 0 spiro atoms. The van der Waals surface area contributed by atoms with Gasteiger partial charge in [0.25, 0.3) is 15.9 Å². The third-order valence-electron chi connectivity index (χ3n) is 4.66. The van der Waals surface area contributed by atoms with E-state index in [1.807, 2.05) is 6.92 Å². The van der Waals surface area contributed by atoms with Crippen LogP contribution in [0.3, 0.4) is 0 Å². The summed E-state index contributed by atoms with van der Waals surface area (Å²) >= 11 is 9.55. The first-order chi connectivity index (χ1) is 15.1. The molecule has 10 heteroatoms. The zero-order chi connectivity index (χ0) is 23.5. The van der Waals surface area contributed by atoms with Gasteiger partial charge in [-0.05, 0) is 66.5 Å². The number of hydrazone groups is 1. The summed E-state index contributed by atoms with van der Waals surface area (Å²) in [6, 6.07) is 13.0. The molecule has 0 radical (unpaired) electrons. The highest BCUT2D eigenvalue weighted by atomic mass is 79.9. The van der Waals surface area contributed by atoms with Gasteiger partial charge in [-0.1, -0.05) is 35.4 Å². The van der Waals surface area contributed by atoms with Crippen LogP contribution in [0.25, 0.3) is 0 Å². The summed E-state index contributed by atoms with van der Waals surface area (Å²) in [6.45, 7) is 4.85. The molecule has 0 aliphatic rings. The van der Waals surface area contributed by atoms with Crippen molar-refractivity contribution in [3.8, 4) is 0 Å². The van der Waals surface area contributed by atoms with E-state index in [4.69, 9.17) is 16.0 Å². The van der Waals surface area contributed by atoms with Crippen molar-refractivity contribution < 1.29 is 17.6 Å². The number of halogens is 2. The molecule has 32 heavy (non-hydrogen) atoms. The summed E-state index contributed by atoms with van der Waals surface area (Å²) in [5, 5.41) is 4.25. The first-order valence-corrected chi connectivity index (χ1v) is 12.1. The lowest BCUT2D eigenvalue weighted by molar-refractivity contribution is -0.119. The lowest BCUT2D eigenvalue weighted by atomic mass is 10.2. The van der Waals surface area contributed by atoms with Gasteiger partial charge in [-0.2, -0.15) is 5.10 Å². The summed E-state index contributed by atoms with van der Waals surface area (Å²) in [5.41, 5.74) is 4.11. The summed E-state index contributed by atoms with van der Waals surface area (Å²) in [7, 11) is -4.05. The second-order valence-corrected chi connectivity index (χ2v) is 10.2. The van der Waals surface area contributed by atoms with Crippen molar-refractivity contribution in [3.05, 3.63) is 80.7 Å². The fourth-order valence-electron chi connectivity index (χ4n) is 2.88. The molecule has 0 saturated carbocycles. The highest BCUT2D eigenvalue weighted by molar-refractivity contribution is 9.10. The Labute approximate surface area is 200 Å². The predicted octanol–water partition coefficient (Wildman–Crippen LogP) is 4.97. The maximum atomic E-state index is 13.4. The molecule has 1 heterocycles. The number of hydrogen-bond donors (Lipinski definition) is 1. The number of anilines is 1. The van der Waals surface area contributed by atoms with Gasteiger partial charge in [0.1, 0.15) is 18.1 Å². The standard InChI is InChI=1S/C22H21BrClN3O4S/c1-14-7-9-18(10-8-14)32(29,30)27(21-6-4-5-20(24)15(21)2)13-22(28)26-25-12-17-11-19(23)16(3)31-17/h4-12H,13H2,1-3H3,(H,26,28)/b25-12-. The third-order valence-corrected chi connectivity index (χ3v) is 7.63. The Morgan fingerprint density at radius 3 is 2.50 bits per heavy atom. The van der Waals surface area contributed by atoms with Gasteiger partial charge < -0.3 is 4.42 Å². The number of carbonyl (C=O) groups excluding carboxylic acids is 1. The van der Waals surface area contributed by atoms with Crippen LogP contribution in [0.4, 0.5) is 5.69 Å². The molecule has 0 saturated heterocycles. The molecule has 0 unspecified atom stereocenters. The van der Waals surface area contributed by atoms with Crippen LogP contribution < -0.4 is 9.73 Å². The zero-order valence-electron chi connectivity index (χ0n) is 17.6. The predicted molar refractivity (Wildman–Crippen MR) is 129 cm³/mol. The molecule has 1 amide bonds. The highest BCUT2D eigenvalue weighted by Crippen LogP contribution is 2.30. The van der Waals surface area contributed by atoms with Gasteiger partial charge in [-0.3, -0.25) is 9.10 Å². The Bertz CT molecular complexity index is 1250. The number of nitrogens with zero attached hydrogens (tertiary/aromatic N) is 2. The van der Waals surface area contributed by atoms with Crippen molar-refractivity contribution in [2.75, 3.05) is 10.8 Å². The number of furan rings is 1. The van der Waals surface area contributed by atoms with E-state index < -0.39 is 22.5 Å². The van der Waals surface area contributed by atoms with Gasteiger partial charge in [0, 0.05) is 11.1 Å². The van der Waals surface area contributed by atoms with Crippen LogP contribution in [0.15, 0.2) is 67.4 Å². The molecule has 0 fully saturated rings. The fourth-order valence-corrected chi connectivity index (χ4v) is 4.84. The first-order valence-electron chi connectivity index (χ1n) is 9.52. The maximum absolute atomic E-state index is 13.4.